The Balaban J connectivity index is 2.69. The fourth-order valence-corrected chi connectivity index (χ4v) is 0.906. The fourth-order valence-electron chi connectivity index (χ4n) is 0.906. The van der Waals surface area contributed by atoms with E-state index in [2.05, 4.69) is 0 Å². The van der Waals surface area contributed by atoms with Crippen molar-refractivity contribution in [3.8, 4) is 0 Å². The molecule has 0 amide bonds. The molecule has 0 bridgehead atoms. The van der Waals surface area contributed by atoms with Crippen LogP contribution in [-0.2, 0) is 0 Å². The second-order valence-corrected chi connectivity index (χ2v) is 2.34. The second-order valence-electron chi connectivity index (χ2n) is 2.34. The highest BCUT2D eigenvalue weighted by Crippen LogP contribution is 2.02. The molecule has 1 rings (SSSR count). The summed E-state index contributed by atoms with van der Waals surface area (Å²) >= 11 is 0. The van der Waals surface area contributed by atoms with Crippen LogP contribution in [0.15, 0.2) is 30.3 Å². The monoisotopic (exact) mass is 147 g/mol. The first-order chi connectivity index (χ1) is 5.34. The van der Waals surface area contributed by atoms with E-state index >= 15 is 0 Å². The van der Waals surface area contributed by atoms with Gasteiger partial charge in [-0.15, -0.1) is 0 Å². The Hall–Kier alpha value is -1.11. The maximum atomic E-state index is 11.2. The zero-order chi connectivity index (χ0) is 8.10. The van der Waals surface area contributed by atoms with E-state index in [0.29, 0.717) is 0 Å². The molecule has 0 saturated heterocycles. The molecule has 0 aromatic heterocycles. The maximum absolute atomic E-state index is 11.2. The van der Waals surface area contributed by atoms with Crippen molar-refractivity contribution in [2.75, 3.05) is 0 Å². The Morgan fingerprint density at radius 3 is 2.55 bits per heavy atom. The van der Waals surface area contributed by atoms with Crippen molar-refractivity contribution in [1.82, 2.24) is 0 Å². The van der Waals surface area contributed by atoms with Gasteiger partial charge in [-0.3, -0.25) is 4.79 Å². The van der Waals surface area contributed by atoms with E-state index in [0.717, 1.165) is 12.0 Å². The van der Waals surface area contributed by atoms with Crippen molar-refractivity contribution in [3.05, 3.63) is 42.3 Å². The molecule has 0 heterocycles. The quantitative estimate of drug-likeness (QED) is 0.600. The molecule has 1 aromatic rings. The number of benzene rings is 1. The van der Waals surface area contributed by atoms with E-state index in [1.807, 2.05) is 37.3 Å². The third kappa shape index (κ3) is 2.19. The number of hydrogen-bond acceptors (Lipinski definition) is 1. The predicted octanol–water partition coefficient (Wildman–Crippen LogP) is 2.48. The van der Waals surface area contributed by atoms with Gasteiger partial charge in [0.05, 0.1) is 0 Å². The molecule has 0 saturated carbocycles. The smallest absolute Gasteiger partial charge is 0.166 e. The Morgan fingerprint density at radius 2 is 2.00 bits per heavy atom. The van der Waals surface area contributed by atoms with Gasteiger partial charge in [0.15, 0.2) is 5.78 Å². The van der Waals surface area contributed by atoms with Gasteiger partial charge in [0.25, 0.3) is 0 Å². The summed E-state index contributed by atoms with van der Waals surface area (Å²) in [6.07, 6.45) is 2.49. The summed E-state index contributed by atoms with van der Waals surface area (Å²) in [4.78, 5) is 11.2. The van der Waals surface area contributed by atoms with Gasteiger partial charge in [0.1, 0.15) is 0 Å². The topological polar surface area (TPSA) is 17.1 Å². The van der Waals surface area contributed by atoms with Gasteiger partial charge in [-0.2, -0.15) is 0 Å². The lowest BCUT2D eigenvalue weighted by Crippen LogP contribution is -1.97. The van der Waals surface area contributed by atoms with E-state index in [9.17, 15) is 4.79 Å². The number of ketones is 1. The molecule has 0 N–H and O–H groups in total. The van der Waals surface area contributed by atoms with Crippen molar-refractivity contribution < 1.29 is 4.79 Å². The average molecular weight is 147 g/mol. The Kier molecular flexibility index (Phi) is 2.84. The molecule has 0 aliphatic carbocycles. The minimum Gasteiger partial charge on any atom is -0.294 e. The van der Waals surface area contributed by atoms with Crippen LogP contribution in [0.1, 0.15) is 23.7 Å². The van der Waals surface area contributed by atoms with E-state index < -0.39 is 0 Å². The first-order valence-electron chi connectivity index (χ1n) is 3.77. The highest BCUT2D eigenvalue weighted by atomic mass is 16.1. The molecular formula is C10H11O. The Bertz CT molecular complexity index is 226. The van der Waals surface area contributed by atoms with Crippen molar-refractivity contribution >= 4 is 5.78 Å². The van der Waals surface area contributed by atoms with Crippen molar-refractivity contribution in [2.24, 2.45) is 0 Å². The highest BCUT2D eigenvalue weighted by Gasteiger charge is 2.01. The first-order valence-corrected chi connectivity index (χ1v) is 3.77. The zero-order valence-electron chi connectivity index (χ0n) is 6.58. The van der Waals surface area contributed by atoms with Gasteiger partial charge in [-0.05, 0) is 6.42 Å². The molecule has 1 radical (unpaired) electrons. The van der Waals surface area contributed by atoms with Crippen LogP contribution in [0.2, 0.25) is 0 Å². The van der Waals surface area contributed by atoms with Gasteiger partial charge in [0.2, 0.25) is 0 Å². The van der Waals surface area contributed by atoms with Gasteiger partial charge in [0, 0.05) is 12.0 Å². The summed E-state index contributed by atoms with van der Waals surface area (Å²) in [6, 6.07) is 9.30. The highest BCUT2D eigenvalue weighted by molar-refractivity contribution is 6.02. The zero-order valence-corrected chi connectivity index (χ0v) is 6.58. The van der Waals surface area contributed by atoms with Crippen LogP contribution < -0.4 is 0 Å². The maximum Gasteiger partial charge on any atom is 0.166 e. The largest absolute Gasteiger partial charge is 0.294 e. The number of rotatable bonds is 3. The molecular weight excluding hydrogens is 136 g/mol. The van der Waals surface area contributed by atoms with Crippen LogP contribution in [-0.4, -0.2) is 5.78 Å². The SMILES string of the molecule is CC[CH]C(=O)c1ccccc1. The summed E-state index contributed by atoms with van der Waals surface area (Å²) in [7, 11) is 0. The standard InChI is InChI=1S/C10H11O/c1-2-6-10(11)9-7-4-3-5-8-9/h3-8H,2H2,1H3. The molecule has 11 heavy (non-hydrogen) atoms. The van der Waals surface area contributed by atoms with Gasteiger partial charge >= 0.3 is 0 Å². The molecule has 0 spiro atoms. The number of Topliss-reactive ketones (excluding diaryl/α,β-unsaturated/α-hetero) is 1. The van der Waals surface area contributed by atoms with Crippen molar-refractivity contribution in [1.29, 1.82) is 0 Å². The number of hydrogen-bond donors (Lipinski definition) is 0. The minimum atomic E-state index is 0.119. The van der Waals surface area contributed by atoms with E-state index in [1.54, 1.807) is 6.42 Å². The third-order valence-electron chi connectivity index (χ3n) is 1.45. The second kappa shape index (κ2) is 3.91. The normalized spacial score (nSPS) is 9.55. The van der Waals surface area contributed by atoms with Crippen LogP contribution in [0.4, 0.5) is 0 Å². The molecule has 1 nitrogen and oxygen atoms in total. The fraction of sp³-hybridized carbons (Fsp3) is 0.200. The molecule has 0 atom stereocenters. The van der Waals surface area contributed by atoms with E-state index in [-0.39, 0.29) is 5.78 Å². The predicted molar refractivity (Wildman–Crippen MR) is 45.4 cm³/mol. The molecule has 1 aromatic carbocycles. The third-order valence-corrected chi connectivity index (χ3v) is 1.45. The van der Waals surface area contributed by atoms with Gasteiger partial charge < -0.3 is 0 Å². The van der Waals surface area contributed by atoms with Crippen LogP contribution in [0.25, 0.3) is 0 Å². The minimum absolute atomic E-state index is 0.119. The lowest BCUT2D eigenvalue weighted by molar-refractivity contribution is 0.102. The van der Waals surface area contributed by atoms with Crippen LogP contribution in [0.3, 0.4) is 0 Å². The Morgan fingerprint density at radius 1 is 1.36 bits per heavy atom. The average Bonchev–Trinajstić information content (AvgIpc) is 2.07. The van der Waals surface area contributed by atoms with E-state index in [1.165, 1.54) is 0 Å². The lowest BCUT2D eigenvalue weighted by atomic mass is 10.1. The summed E-state index contributed by atoms with van der Waals surface area (Å²) in [5.74, 6) is 0.119. The van der Waals surface area contributed by atoms with Crippen LogP contribution in [0.5, 0.6) is 0 Å². The summed E-state index contributed by atoms with van der Waals surface area (Å²) in [6.45, 7) is 1.96. The number of carbonyl (C=O) groups excluding carboxylic acids is 1. The van der Waals surface area contributed by atoms with Crippen LogP contribution in [0, 0.1) is 6.42 Å². The molecule has 0 aliphatic heterocycles. The van der Waals surface area contributed by atoms with Crippen LogP contribution >= 0.6 is 0 Å². The summed E-state index contributed by atoms with van der Waals surface area (Å²) < 4.78 is 0. The summed E-state index contributed by atoms with van der Waals surface area (Å²) in [5, 5.41) is 0. The molecule has 1 heteroatoms. The first kappa shape index (κ1) is 7.99. The molecule has 57 valence electrons. The van der Waals surface area contributed by atoms with E-state index in [4.69, 9.17) is 0 Å². The summed E-state index contributed by atoms with van der Waals surface area (Å²) in [5.41, 5.74) is 0.773. The molecule has 0 unspecified atom stereocenters. The number of carbonyl (C=O) groups is 1. The van der Waals surface area contributed by atoms with Crippen molar-refractivity contribution in [3.63, 3.8) is 0 Å². The molecule has 0 aliphatic rings. The van der Waals surface area contributed by atoms with Gasteiger partial charge in [-0.25, -0.2) is 0 Å². The Labute approximate surface area is 67.1 Å². The molecule has 0 fully saturated rings. The lowest BCUT2D eigenvalue weighted by Gasteiger charge is -1.95. The van der Waals surface area contributed by atoms with Crippen molar-refractivity contribution in [2.45, 2.75) is 13.3 Å². The van der Waals surface area contributed by atoms with Gasteiger partial charge in [-0.1, -0.05) is 37.3 Å².